The summed E-state index contributed by atoms with van der Waals surface area (Å²) < 4.78 is 10.7. The molecule has 2 heterocycles. The average Bonchev–Trinajstić information content (AvgIpc) is 3.04. The van der Waals surface area contributed by atoms with Crippen molar-refractivity contribution in [3.63, 3.8) is 0 Å². The fourth-order valence-electron chi connectivity index (χ4n) is 2.69. The van der Waals surface area contributed by atoms with Crippen molar-refractivity contribution in [1.82, 2.24) is 4.90 Å². The van der Waals surface area contributed by atoms with Gasteiger partial charge in [-0.3, -0.25) is 4.79 Å². The van der Waals surface area contributed by atoms with Crippen molar-refractivity contribution >= 4 is 11.9 Å². The number of hydrogen-bond donors (Lipinski definition) is 2. The van der Waals surface area contributed by atoms with E-state index >= 15 is 0 Å². The standard InChI is InChI=1S/C12H20N2O5/c1-18-8-4-9(12(16)17)14(6-8)11(15)10-3-2-7(5-13)19-10/h7-10H,2-6,13H2,1H3,(H,16,17). The highest BCUT2D eigenvalue weighted by molar-refractivity contribution is 5.87. The van der Waals surface area contributed by atoms with Crippen molar-refractivity contribution in [3.05, 3.63) is 0 Å². The maximum absolute atomic E-state index is 12.3. The predicted octanol–water partition coefficient (Wildman–Crippen LogP) is -0.807. The maximum Gasteiger partial charge on any atom is 0.326 e. The van der Waals surface area contributed by atoms with Gasteiger partial charge in [0, 0.05) is 26.6 Å². The zero-order valence-corrected chi connectivity index (χ0v) is 10.9. The van der Waals surface area contributed by atoms with Gasteiger partial charge in [-0.15, -0.1) is 0 Å². The van der Waals surface area contributed by atoms with Gasteiger partial charge in [0.05, 0.1) is 12.2 Å². The van der Waals surface area contributed by atoms with Crippen molar-refractivity contribution in [2.75, 3.05) is 20.2 Å². The van der Waals surface area contributed by atoms with Crippen LogP contribution in [0.4, 0.5) is 0 Å². The third-order valence-corrected chi connectivity index (χ3v) is 3.81. The molecule has 0 saturated carbocycles. The molecule has 0 aromatic heterocycles. The summed E-state index contributed by atoms with van der Waals surface area (Å²) in [6, 6.07) is -0.821. The molecule has 0 bridgehead atoms. The molecule has 2 fully saturated rings. The maximum atomic E-state index is 12.3. The summed E-state index contributed by atoms with van der Waals surface area (Å²) in [5.41, 5.74) is 5.50. The number of methoxy groups -OCH3 is 1. The van der Waals surface area contributed by atoms with Gasteiger partial charge in [-0.2, -0.15) is 0 Å². The second-order valence-corrected chi connectivity index (χ2v) is 5.00. The summed E-state index contributed by atoms with van der Waals surface area (Å²) >= 11 is 0. The largest absolute Gasteiger partial charge is 0.480 e. The van der Waals surface area contributed by atoms with Gasteiger partial charge in [-0.1, -0.05) is 0 Å². The third-order valence-electron chi connectivity index (χ3n) is 3.81. The third kappa shape index (κ3) is 2.88. The Hall–Kier alpha value is -1.18. The van der Waals surface area contributed by atoms with E-state index in [1.54, 1.807) is 0 Å². The SMILES string of the molecule is COC1CC(C(=O)O)N(C(=O)C2CCC(CN)O2)C1. The lowest BCUT2D eigenvalue weighted by Crippen LogP contribution is -2.45. The van der Waals surface area contributed by atoms with Crippen LogP contribution < -0.4 is 5.73 Å². The highest BCUT2D eigenvalue weighted by Crippen LogP contribution is 2.26. The molecule has 0 aliphatic carbocycles. The first kappa shape index (κ1) is 14.2. The number of rotatable bonds is 4. The number of nitrogens with two attached hydrogens (primary N) is 1. The lowest BCUT2D eigenvalue weighted by Gasteiger charge is -2.24. The molecule has 108 valence electrons. The Bertz CT molecular complexity index is 362. The molecule has 0 spiro atoms. The Morgan fingerprint density at radius 2 is 2.21 bits per heavy atom. The number of amides is 1. The quantitative estimate of drug-likeness (QED) is 0.694. The highest BCUT2D eigenvalue weighted by Gasteiger charge is 2.43. The molecule has 2 aliphatic rings. The monoisotopic (exact) mass is 272 g/mol. The van der Waals surface area contributed by atoms with Crippen LogP contribution in [0.25, 0.3) is 0 Å². The van der Waals surface area contributed by atoms with Crippen LogP contribution in [0.3, 0.4) is 0 Å². The van der Waals surface area contributed by atoms with E-state index in [1.165, 1.54) is 12.0 Å². The van der Waals surface area contributed by atoms with Crippen molar-refractivity contribution in [1.29, 1.82) is 0 Å². The van der Waals surface area contributed by atoms with E-state index in [2.05, 4.69) is 0 Å². The molecule has 4 unspecified atom stereocenters. The number of carbonyl (C=O) groups is 2. The van der Waals surface area contributed by atoms with Crippen LogP contribution in [0.1, 0.15) is 19.3 Å². The van der Waals surface area contributed by atoms with Crippen molar-refractivity contribution in [2.45, 2.75) is 43.6 Å². The predicted molar refractivity (Wildman–Crippen MR) is 65.5 cm³/mol. The Morgan fingerprint density at radius 3 is 2.74 bits per heavy atom. The zero-order chi connectivity index (χ0) is 14.0. The van der Waals surface area contributed by atoms with Gasteiger partial charge in [-0.25, -0.2) is 4.79 Å². The Kier molecular flexibility index (Phi) is 4.38. The molecule has 2 saturated heterocycles. The first-order chi connectivity index (χ1) is 9.06. The van der Waals surface area contributed by atoms with E-state index in [1.807, 2.05) is 0 Å². The van der Waals surface area contributed by atoms with Crippen molar-refractivity contribution in [2.24, 2.45) is 5.73 Å². The average molecular weight is 272 g/mol. The van der Waals surface area contributed by atoms with E-state index < -0.39 is 18.1 Å². The van der Waals surface area contributed by atoms with Gasteiger partial charge in [0.15, 0.2) is 0 Å². The van der Waals surface area contributed by atoms with Gasteiger partial charge < -0.3 is 25.2 Å². The second kappa shape index (κ2) is 5.85. The number of aliphatic carboxylic acids is 1. The minimum atomic E-state index is -0.999. The Labute approximate surface area is 111 Å². The van der Waals surface area contributed by atoms with E-state index in [-0.39, 0.29) is 18.1 Å². The van der Waals surface area contributed by atoms with Crippen molar-refractivity contribution < 1.29 is 24.2 Å². The Morgan fingerprint density at radius 1 is 1.47 bits per heavy atom. The number of nitrogens with zero attached hydrogens (tertiary/aromatic N) is 1. The van der Waals surface area contributed by atoms with Crippen LogP contribution in [0.2, 0.25) is 0 Å². The fourth-order valence-corrected chi connectivity index (χ4v) is 2.69. The molecule has 4 atom stereocenters. The number of likely N-dealkylation sites (tertiary alicyclic amines) is 1. The summed E-state index contributed by atoms with van der Waals surface area (Å²) in [6.07, 6.45) is 0.777. The molecule has 19 heavy (non-hydrogen) atoms. The molecule has 0 aromatic rings. The topological polar surface area (TPSA) is 102 Å². The van der Waals surface area contributed by atoms with Gasteiger partial charge >= 0.3 is 5.97 Å². The molecule has 0 aromatic carbocycles. The van der Waals surface area contributed by atoms with E-state index in [0.717, 1.165) is 6.42 Å². The molecule has 7 heteroatoms. The molecular weight excluding hydrogens is 252 g/mol. The van der Waals surface area contributed by atoms with E-state index in [4.69, 9.17) is 15.2 Å². The molecule has 1 amide bonds. The first-order valence-corrected chi connectivity index (χ1v) is 6.48. The second-order valence-electron chi connectivity index (χ2n) is 5.00. The fraction of sp³-hybridized carbons (Fsp3) is 0.833. The van der Waals surface area contributed by atoms with Crippen molar-refractivity contribution in [3.8, 4) is 0 Å². The summed E-state index contributed by atoms with van der Waals surface area (Å²) in [5.74, 6) is -1.26. The Balaban J connectivity index is 2.03. The summed E-state index contributed by atoms with van der Waals surface area (Å²) in [4.78, 5) is 24.9. The smallest absolute Gasteiger partial charge is 0.326 e. The molecule has 7 nitrogen and oxygen atoms in total. The van der Waals surface area contributed by atoms with Crippen LogP contribution >= 0.6 is 0 Å². The minimum absolute atomic E-state index is 0.0990. The van der Waals surface area contributed by atoms with Crippen LogP contribution in [-0.4, -0.2) is 66.4 Å². The summed E-state index contributed by atoms with van der Waals surface area (Å²) in [5, 5.41) is 9.18. The normalized spacial score (nSPS) is 34.7. The number of carbonyl (C=O) groups excluding carboxylic acids is 1. The van der Waals surface area contributed by atoms with Crippen LogP contribution in [0.15, 0.2) is 0 Å². The van der Waals surface area contributed by atoms with Gasteiger partial charge in [-0.05, 0) is 12.8 Å². The zero-order valence-electron chi connectivity index (χ0n) is 10.9. The lowest BCUT2D eigenvalue weighted by molar-refractivity contribution is -0.153. The van der Waals surface area contributed by atoms with Gasteiger partial charge in [0.25, 0.3) is 5.91 Å². The molecule has 3 N–H and O–H groups in total. The summed E-state index contributed by atoms with van der Waals surface area (Å²) in [7, 11) is 1.52. The molecule has 2 aliphatic heterocycles. The minimum Gasteiger partial charge on any atom is -0.480 e. The van der Waals surface area contributed by atoms with Crippen LogP contribution in [0.5, 0.6) is 0 Å². The van der Waals surface area contributed by atoms with Gasteiger partial charge in [0.1, 0.15) is 12.1 Å². The molecular formula is C12H20N2O5. The summed E-state index contributed by atoms with van der Waals surface area (Å²) in [6.45, 7) is 0.687. The first-order valence-electron chi connectivity index (χ1n) is 6.48. The van der Waals surface area contributed by atoms with E-state index in [9.17, 15) is 14.7 Å². The van der Waals surface area contributed by atoms with E-state index in [0.29, 0.717) is 25.9 Å². The highest BCUT2D eigenvalue weighted by atomic mass is 16.5. The van der Waals surface area contributed by atoms with Crippen LogP contribution in [0, 0.1) is 0 Å². The number of carboxylic acids is 1. The lowest BCUT2D eigenvalue weighted by atomic mass is 10.1. The number of ether oxygens (including phenoxy) is 2. The number of carboxylic acid groups (broad SMARTS) is 1. The van der Waals surface area contributed by atoms with Crippen LogP contribution in [-0.2, 0) is 19.1 Å². The molecule has 2 rings (SSSR count). The number of hydrogen-bond acceptors (Lipinski definition) is 5. The molecule has 0 radical (unpaired) electrons. The van der Waals surface area contributed by atoms with Gasteiger partial charge in [0.2, 0.25) is 0 Å².